The molecule has 0 aliphatic heterocycles. The molecule has 0 spiro atoms. The van der Waals surface area contributed by atoms with E-state index in [2.05, 4.69) is 4.72 Å². The average Bonchev–Trinajstić information content (AvgIpc) is 2.66. The summed E-state index contributed by atoms with van der Waals surface area (Å²) in [5.41, 5.74) is 0.296. The fourth-order valence-corrected chi connectivity index (χ4v) is 3.65. The highest BCUT2D eigenvalue weighted by Gasteiger charge is 2.20. The van der Waals surface area contributed by atoms with E-state index in [0.29, 0.717) is 18.1 Å². The van der Waals surface area contributed by atoms with Crippen molar-refractivity contribution in [3.05, 3.63) is 53.3 Å². The molecule has 0 fully saturated rings. The van der Waals surface area contributed by atoms with Gasteiger partial charge in [-0.2, -0.15) is 0 Å². The van der Waals surface area contributed by atoms with Gasteiger partial charge >= 0.3 is 0 Å². The number of carboxylic acids is 1. The first-order chi connectivity index (χ1) is 13.3. The van der Waals surface area contributed by atoms with Gasteiger partial charge in [-0.3, -0.25) is 0 Å². The number of hydrogen-bond donors (Lipinski definition) is 1. The molecule has 0 heterocycles. The predicted molar refractivity (Wildman–Crippen MR) is 98.4 cm³/mol. The summed E-state index contributed by atoms with van der Waals surface area (Å²) in [5.74, 6) is -1.59. The van der Waals surface area contributed by atoms with Crippen LogP contribution in [0.15, 0.2) is 41.3 Å². The number of benzene rings is 2. The highest BCUT2D eigenvalue weighted by molar-refractivity contribution is 7.89. The van der Waals surface area contributed by atoms with Crippen LogP contribution in [0.4, 0.5) is 4.39 Å². The van der Waals surface area contributed by atoms with E-state index >= 15 is 0 Å². The monoisotopic (exact) mass is 410 g/mol. The van der Waals surface area contributed by atoms with Crippen molar-refractivity contribution in [1.82, 2.24) is 4.72 Å². The third-order valence-electron chi connectivity index (χ3n) is 3.87. The minimum atomic E-state index is -4.25. The van der Waals surface area contributed by atoms with Gasteiger partial charge in [-0.1, -0.05) is 25.1 Å². The summed E-state index contributed by atoms with van der Waals surface area (Å²) in [6, 6.07) is 7.72. The zero-order valence-electron chi connectivity index (χ0n) is 15.5. The van der Waals surface area contributed by atoms with Crippen molar-refractivity contribution in [3.63, 3.8) is 0 Å². The lowest BCUT2D eigenvalue weighted by Crippen LogP contribution is -2.28. The molecule has 1 N–H and O–H groups in total. The Balaban J connectivity index is 2.17. The average molecular weight is 410 g/mol. The van der Waals surface area contributed by atoms with Gasteiger partial charge in [0.2, 0.25) is 10.0 Å². The SMILES string of the molecule is CCCOc1c(CCNS(=O)(=O)c2cc(C(=O)[O-])ccc2F)cccc1OC. The van der Waals surface area contributed by atoms with Crippen LogP contribution in [0.25, 0.3) is 0 Å². The molecule has 152 valence electrons. The summed E-state index contributed by atoms with van der Waals surface area (Å²) >= 11 is 0. The Labute approximate surface area is 163 Å². The molecule has 7 nitrogen and oxygen atoms in total. The van der Waals surface area contributed by atoms with E-state index in [0.717, 1.165) is 30.2 Å². The molecule has 0 aromatic heterocycles. The van der Waals surface area contributed by atoms with Gasteiger partial charge in [-0.25, -0.2) is 17.5 Å². The number of aromatic carboxylic acids is 1. The van der Waals surface area contributed by atoms with E-state index in [-0.39, 0.29) is 13.0 Å². The van der Waals surface area contributed by atoms with Crippen LogP contribution < -0.4 is 19.3 Å². The number of carboxylic acid groups (broad SMARTS) is 1. The second kappa shape index (κ2) is 9.52. The van der Waals surface area contributed by atoms with Crippen molar-refractivity contribution in [2.75, 3.05) is 20.3 Å². The molecule has 0 unspecified atom stereocenters. The summed E-state index contributed by atoms with van der Waals surface area (Å²) < 4.78 is 51.9. The van der Waals surface area contributed by atoms with E-state index in [1.165, 1.54) is 7.11 Å². The van der Waals surface area contributed by atoms with Crippen molar-refractivity contribution < 1.29 is 32.2 Å². The fraction of sp³-hybridized carbons (Fsp3) is 0.316. The van der Waals surface area contributed by atoms with Crippen LogP contribution in [0.3, 0.4) is 0 Å². The molecular weight excluding hydrogens is 389 g/mol. The summed E-state index contributed by atoms with van der Waals surface area (Å²) in [6.07, 6.45) is 1.05. The standard InChI is InChI=1S/C19H22FNO6S/c1-3-11-27-18-13(5-4-6-16(18)26-2)9-10-21-28(24,25)17-12-14(19(22)23)7-8-15(17)20/h4-8,12,21H,3,9-11H2,1-2H3,(H,22,23)/p-1. The maximum Gasteiger partial charge on any atom is 0.243 e. The predicted octanol–water partition coefficient (Wildman–Crippen LogP) is 1.51. The van der Waals surface area contributed by atoms with E-state index in [1.54, 1.807) is 18.2 Å². The maximum atomic E-state index is 13.9. The van der Waals surface area contributed by atoms with Crippen LogP contribution in [-0.2, 0) is 16.4 Å². The number of rotatable bonds is 10. The maximum absolute atomic E-state index is 13.9. The molecule has 2 aromatic rings. The van der Waals surface area contributed by atoms with Crippen LogP contribution in [0.2, 0.25) is 0 Å². The van der Waals surface area contributed by atoms with Gasteiger partial charge in [0.05, 0.1) is 19.7 Å². The van der Waals surface area contributed by atoms with Crippen LogP contribution in [0.5, 0.6) is 11.5 Å². The lowest BCUT2D eigenvalue weighted by Gasteiger charge is -2.15. The first-order valence-electron chi connectivity index (χ1n) is 8.59. The molecule has 0 amide bonds. The molecule has 0 aliphatic carbocycles. The Morgan fingerprint density at radius 2 is 2.00 bits per heavy atom. The molecule has 0 aliphatic rings. The molecule has 28 heavy (non-hydrogen) atoms. The fourth-order valence-electron chi connectivity index (χ4n) is 2.52. The third-order valence-corrected chi connectivity index (χ3v) is 5.35. The second-order valence-corrected chi connectivity index (χ2v) is 7.61. The Morgan fingerprint density at radius 1 is 1.25 bits per heavy atom. The number of sulfonamides is 1. The lowest BCUT2D eigenvalue weighted by atomic mass is 10.1. The van der Waals surface area contributed by atoms with E-state index in [4.69, 9.17) is 9.47 Å². The molecule has 0 atom stereocenters. The molecule has 0 saturated carbocycles. The number of para-hydroxylation sites is 1. The molecular formula is C19H21FNO6S-. The van der Waals surface area contributed by atoms with Gasteiger partial charge in [-0.05, 0) is 42.2 Å². The molecule has 9 heteroatoms. The number of carbonyl (C=O) groups is 1. The molecule has 2 rings (SSSR count). The van der Waals surface area contributed by atoms with Gasteiger partial charge in [0.1, 0.15) is 10.7 Å². The van der Waals surface area contributed by atoms with E-state index in [1.807, 2.05) is 6.92 Å². The summed E-state index contributed by atoms with van der Waals surface area (Å²) in [5, 5.41) is 10.9. The Morgan fingerprint density at radius 3 is 2.64 bits per heavy atom. The smallest absolute Gasteiger partial charge is 0.243 e. The van der Waals surface area contributed by atoms with Crippen molar-refractivity contribution in [3.8, 4) is 11.5 Å². The number of carbonyl (C=O) groups excluding carboxylic acids is 1. The first kappa shape index (κ1) is 21.6. The highest BCUT2D eigenvalue weighted by Crippen LogP contribution is 2.31. The Bertz CT molecular complexity index is 945. The number of ether oxygens (including phenoxy) is 2. The Kier molecular flexibility index (Phi) is 7.36. The molecule has 0 radical (unpaired) electrons. The van der Waals surface area contributed by atoms with Gasteiger partial charge < -0.3 is 19.4 Å². The van der Waals surface area contributed by atoms with Gasteiger partial charge in [0.15, 0.2) is 11.5 Å². The topological polar surface area (TPSA) is 105 Å². The minimum Gasteiger partial charge on any atom is -0.545 e. The zero-order valence-corrected chi connectivity index (χ0v) is 16.3. The van der Waals surface area contributed by atoms with E-state index < -0.39 is 32.3 Å². The summed E-state index contributed by atoms with van der Waals surface area (Å²) in [7, 11) is -2.74. The van der Waals surface area contributed by atoms with Crippen LogP contribution in [0.1, 0.15) is 29.3 Å². The normalized spacial score (nSPS) is 11.2. The van der Waals surface area contributed by atoms with Crippen LogP contribution in [0, 0.1) is 5.82 Å². The van der Waals surface area contributed by atoms with Crippen molar-refractivity contribution in [2.45, 2.75) is 24.7 Å². The lowest BCUT2D eigenvalue weighted by molar-refractivity contribution is -0.255. The quantitative estimate of drug-likeness (QED) is 0.637. The zero-order chi connectivity index (χ0) is 20.7. The minimum absolute atomic E-state index is 0.0486. The van der Waals surface area contributed by atoms with Gasteiger partial charge in [0, 0.05) is 6.54 Å². The molecule has 2 aromatic carbocycles. The Hall–Kier alpha value is -2.65. The van der Waals surface area contributed by atoms with Gasteiger partial charge in [0.25, 0.3) is 0 Å². The second-order valence-electron chi connectivity index (χ2n) is 5.88. The molecule has 0 saturated heterocycles. The van der Waals surface area contributed by atoms with E-state index in [9.17, 15) is 22.7 Å². The number of hydrogen-bond acceptors (Lipinski definition) is 6. The highest BCUT2D eigenvalue weighted by atomic mass is 32.2. The van der Waals surface area contributed by atoms with Crippen LogP contribution in [-0.4, -0.2) is 34.6 Å². The summed E-state index contributed by atoms with van der Waals surface area (Å²) in [6.45, 7) is 2.38. The number of nitrogens with one attached hydrogen (secondary N) is 1. The number of halogens is 1. The van der Waals surface area contributed by atoms with Gasteiger partial charge in [-0.15, -0.1) is 0 Å². The number of methoxy groups -OCH3 is 1. The van der Waals surface area contributed by atoms with Crippen molar-refractivity contribution in [2.24, 2.45) is 0 Å². The van der Waals surface area contributed by atoms with Crippen molar-refractivity contribution in [1.29, 1.82) is 0 Å². The van der Waals surface area contributed by atoms with Crippen LogP contribution >= 0.6 is 0 Å². The molecule has 0 bridgehead atoms. The largest absolute Gasteiger partial charge is 0.545 e. The first-order valence-corrected chi connectivity index (χ1v) is 10.1. The summed E-state index contributed by atoms with van der Waals surface area (Å²) in [4.78, 5) is 10.2. The van der Waals surface area contributed by atoms with Crippen molar-refractivity contribution >= 4 is 16.0 Å². The third kappa shape index (κ3) is 5.20.